The molecule has 0 N–H and O–H groups in total. The fourth-order valence-electron chi connectivity index (χ4n) is 4.92. The highest BCUT2D eigenvalue weighted by molar-refractivity contribution is 5.98. The van der Waals surface area contributed by atoms with Crippen molar-refractivity contribution in [1.29, 1.82) is 0 Å². The van der Waals surface area contributed by atoms with Crippen LogP contribution in [0.5, 0.6) is 0 Å². The van der Waals surface area contributed by atoms with Gasteiger partial charge in [-0.15, -0.1) is 0 Å². The number of fused-ring (bicyclic) bond motifs is 1. The second-order valence-corrected chi connectivity index (χ2v) is 8.97. The first-order valence-corrected chi connectivity index (χ1v) is 10.7. The zero-order valence-electron chi connectivity index (χ0n) is 16.5. The number of carbonyl (C=O) groups is 1. The van der Waals surface area contributed by atoms with Gasteiger partial charge >= 0.3 is 0 Å². The molecule has 5 heteroatoms. The lowest BCUT2D eigenvalue weighted by molar-refractivity contribution is 0.00718. The van der Waals surface area contributed by atoms with E-state index in [2.05, 4.69) is 14.8 Å². The smallest absolute Gasteiger partial charge is 0.253 e. The summed E-state index contributed by atoms with van der Waals surface area (Å²) in [7, 11) is 0. The molecule has 3 fully saturated rings. The molecular weight excluding hydrogens is 350 g/mol. The molecule has 1 amide bonds. The van der Waals surface area contributed by atoms with Gasteiger partial charge in [0.05, 0.1) is 18.7 Å². The van der Waals surface area contributed by atoms with Crippen molar-refractivity contribution in [3.63, 3.8) is 0 Å². The minimum absolute atomic E-state index is 0.0811. The maximum atomic E-state index is 13.3. The van der Waals surface area contributed by atoms with E-state index in [-0.39, 0.29) is 11.3 Å². The molecule has 1 aromatic carbocycles. The van der Waals surface area contributed by atoms with Gasteiger partial charge in [0.2, 0.25) is 0 Å². The lowest BCUT2D eigenvalue weighted by atomic mass is 9.79. The summed E-state index contributed by atoms with van der Waals surface area (Å²) in [6.45, 7) is 6.54. The molecule has 148 valence electrons. The number of carbonyl (C=O) groups excluding carboxylic acids is 1. The highest BCUT2D eigenvalue weighted by Gasteiger charge is 2.41. The quantitative estimate of drug-likeness (QED) is 0.822. The number of pyridine rings is 1. The van der Waals surface area contributed by atoms with Crippen molar-refractivity contribution in [1.82, 2.24) is 14.8 Å². The molecule has 3 aliphatic rings. The average molecular weight is 380 g/mol. The van der Waals surface area contributed by atoms with E-state index in [0.29, 0.717) is 0 Å². The molecule has 2 aromatic rings. The van der Waals surface area contributed by atoms with Crippen LogP contribution < -0.4 is 0 Å². The SMILES string of the molecule is O=C(c1ccc2ncccc2c1)N1CCCC2(COCCN(CC3CC3)C2)C1. The minimum Gasteiger partial charge on any atom is -0.379 e. The molecule has 1 aliphatic carbocycles. The zero-order valence-corrected chi connectivity index (χ0v) is 16.5. The van der Waals surface area contributed by atoms with E-state index in [1.54, 1.807) is 6.20 Å². The van der Waals surface area contributed by atoms with Gasteiger partial charge in [0.1, 0.15) is 0 Å². The highest BCUT2D eigenvalue weighted by atomic mass is 16.5. The van der Waals surface area contributed by atoms with Crippen LogP contribution in [0.3, 0.4) is 0 Å². The van der Waals surface area contributed by atoms with Crippen LogP contribution in [-0.4, -0.2) is 66.6 Å². The van der Waals surface area contributed by atoms with Gasteiger partial charge in [-0.3, -0.25) is 9.78 Å². The maximum absolute atomic E-state index is 13.3. The molecular formula is C23H29N3O2. The van der Waals surface area contributed by atoms with Crippen molar-refractivity contribution < 1.29 is 9.53 Å². The zero-order chi connectivity index (χ0) is 19.0. The van der Waals surface area contributed by atoms with E-state index in [1.807, 2.05) is 30.3 Å². The van der Waals surface area contributed by atoms with Crippen LogP contribution in [0, 0.1) is 11.3 Å². The predicted octanol–water partition coefficient (Wildman–Crippen LogP) is 3.20. The Morgan fingerprint density at radius 2 is 2.14 bits per heavy atom. The fourth-order valence-corrected chi connectivity index (χ4v) is 4.92. The van der Waals surface area contributed by atoms with Gasteiger partial charge in [-0.1, -0.05) is 6.07 Å². The second-order valence-electron chi connectivity index (χ2n) is 8.97. The Bertz CT molecular complexity index is 866. The van der Waals surface area contributed by atoms with E-state index in [0.717, 1.165) is 74.6 Å². The van der Waals surface area contributed by atoms with Crippen molar-refractivity contribution in [2.24, 2.45) is 11.3 Å². The lowest BCUT2D eigenvalue weighted by Crippen LogP contribution is -2.52. The number of hydrogen-bond acceptors (Lipinski definition) is 4. The molecule has 1 atom stereocenters. The molecule has 2 aliphatic heterocycles. The van der Waals surface area contributed by atoms with Crippen LogP contribution in [0.2, 0.25) is 0 Å². The number of likely N-dealkylation sites (tertiary alicyclic amines) is 1. The summed E-state index contributed by atoms with van der Waals surface area (Å²) in [6, 6.07) is 9.79. The molecule has 3 heterocycles. The molecule has 0 radical (unpaired) electrons. The van der Waals surface area contributed by atoms with Gasteiger partial charge in [-0.2, -0.15) is 0 Å². The first-order valence-electron chi connectivity index (χ1n) is 10.7. The first-order chi connectivity index (χ1) is 13.7. The van der Waals surface area contributed by atoms with E-state index in [1.165, 1.54) is 19.4 Å². The Morgan fingerprint density at radius 1 is 1.21 bits per heavy atom. The topological polar surface area (TPSA) is 45.7 Å². The van der Waals surface area contributed by atoms with Gasteiger partial charge in [0.15, 0.2) is 0 Å². The number of hydrogen-bond donors (Lipinski definition) is 0. The van der Waals surface area contributed by atoms with Crippen molar-refractivity contribution in [3.05, 3.63) is 42.1 Å². The van der Waals surface area contributed by atoms with E-state index >= 15 is 0 Å². The largest absolute Gasteiger partial charge is 0.379 e. The summed E-state index contributed by atoms with van der Waals surface area (Å²) in [5.74, 6) is 1.03. The molecule has 1 saturated carbocycles. The highest BCUT2D eigenvalue weighted by Crippen LogP contribution is 2.36. The summed E-state index contributed by atoms with van der Waals surface area (Å²) >= 11 is 0. The van der Waals surface area contributed by atoms with Gasteiger partial charge < -0.3 is 14.5 Å². The number of amides is 1. The van der Waals surface area contributed by atoms with Gasteiger partial charge in [0.25, 0.3) is 5.91 Å². The monoisotopic (exact) mass is 379 g/mol. The Balaban J connectivity index is 1.34. The minimum atomic E-state index is 0.0811. The number of ether oxygens (including phenoxy) is 1. The maximum Gasteiger partial charge on any atom is 0.253 e. The van der Waals surface area contributed by atoms with E-state index in [9.17, 15) is 4.79 Å². The van der Waals surface area contributed by atoms with Crippen molar-refractivity contribution in [2.45, 2.75) is 25.7 Å². The third-order valence-electron chi connectivity index (χ3n) is 6.53. The third kappa shape index (κ3) is 3.78. The van der Waals surface area contributed by atoms with Crippen LogP contribution in [-0.2, 0) is 4.74 Å². The Morgan fingerprint density at radius 3 is 3.04 bits per heavy atom. The van der Waals surface area contributed by atoms with Crippen LogP contribution in [0.4, 0.5) is 0 Å². The summed E-state index contributed by atoms with van der Waals surface area (Å²) in [5.41, 5.74) is 1.78. The normalized spacial score (nSPS) is 26.5. The predicted molar refractivity (Wildman–Crippen MR) is 109 cm³/mol. The van der Waals surface area contributed by atoms with Crippen LogP contribution in [0.15, 0.2) is 36.5 Å². The summed E-state index contributed by atoms with van der Waals surface area (Å²) in [6.07, 6.45) is 6.76. The van der Waals surface area contributed by atoms with Gasteiger partial charge in [-0.25, -0.2) is 0 Å². The summed E-state index contributed by atoms with van der Waals surface area (Å²) in [4.78, 5) is 22.3. The van der Waals surface area contributed by atoms with Crippen LogP contribution >= 0.6 is 0 Å². The number of rotatable bonds is 3. The van der Waals surface area contributed by atoms with E-state index < -0.39 is 0 Å². The molecule has 1 aromatic heterocycles. The standard InChI is InChI=1S/C23H29N3O2/c27-22(20-6-7-21-19(13-20)3-1-9-24-21)26-10-2-8-23(16-26)15-25(11-12-28-17-23)14-18-4-5-18/h1,3,6-7,9,13,18H,2,4-5,8,10-12,14-17H2. The Labute approximate surface area is 166 Å². The Kier molecular flexibility index (Phi) is 4.81. The molecule has 2 saturated heterocycles. The molecule has 0 bridgehead atoms. The van der Waals surface area contributed by atoms with Crippen molar-refractivity contribution in [3.8, 4) is 0 Å². The van der Waals surface area contributed by atoms with Gasteiger partial charge in [0, 0.05) is 55.3 Å². The van der Waals surface area contributed by atoms with Crippen LogP contribution in [0.1, 0.15) is 36.0 Å². The van der Waals surface area contributed by atoms with E-state index in [4.69, 9.17) is 4.74 Å². The first kappa shape index (κ1) is 18.1. The number of piperidine rings is 1. The van der Waals surface area contributed by atoms with Crippen molar-refractivity contribution in [2.75, 3.05) is 45.9 Å². The van der Waals surface area contributed by atoms with Gasteiger partial charge in [-0.05, 0) is 55.9 Å². The van der Waals surface area contributed by atoms with Crippen LogP contribution in [0.25, 0.3) is 10.9 Å². The molecule has 28 heavy (non-hydrogen) atoms. The summed E-state index contributed by atoms with van der Waals surface area (Å²) in [5, 5.41) is 1.02. The second kappa shape index (κ2) is 7.45. The number of benzene rings is 1. The summed E-state index contributed by atoms with van der Waals surface area (Å²) < 4.78 is 6.02. The number of nitrogens with zero attached hydrogens (tertiary/aromatic N) is 3. The molecule has 1 unspecified atom stereocenters. The number of aromatic nitrogens is 1. The molecule has 5 rings (SSSR count). The molecule has 1 spiro atoms. The van der Waals surface area contributed by atoms with Crippen molar-refractivity contribution >= 4 is 16.8 Å². The molecule has 5 nitrogen and oxygen atoms in total. The fraction of sp³-hybridized carbons (Fsp3) is 0.565. The lowest BCUT2D eigenvalue weighted by Gasteiger charge is -2.43. The average Bonchev–Trinajstić information content (AvgIpc) is 3.56. The third-order valence-corrected chi connectivity index (χ3v) is 6.53. The Hall–Kier alpha value is -1.98.